The van der Waals surface area contributed by atoms with E-state index in [0.29, 0.717) is 5.56 Å². The van der Waals surface area contributed by atoms with Gasteiger partial charge >= 0.3 is 12.1 Å². The molecule has 1 aromatic rings. The predicted molar refractivity (Wildman–Crippen MR) is 58.7 cm³/mol. The molecular weight excluding hydrogens is 233 g/mol. The summed E-state index contributed by atoms with van der Waals surface area (Å²) in [5, 5.41) is 1.84. The van der Waals surface area contributed by atoms with Crippen LogP contribution in [0.25, 0.3) is 0 Å². The third-order valence-electron chi connectivity index (χ3n) is 2.17. The van der Waals surface area contributed by atoms with Gasteiger partial charge in [-0.3, -0.25) is 4.79 Å². The zero-order valence-corrected chi connectivity index (χ0v) is 9.51. The number of anilines is 1. The van der Waals surface area contributed by atoms with Gasteiger partial charge in [-0.25, -0.2) is 0 Å². The molecule has 1 amide bonds. The van der Waals surface area contributed by atoms with Crippen LogP contribution in [0.4, 0.5) is 18.9 Å². The van der Waals surface area contributed by atoms with Crippen LogP contribution in [0.2, 0.25) is 0 Å². The number of halogens is 3. The molecule has 3 nitrogen and oxygen atoms in total. The number of rotatable bonds is 3. The van der Waals surface area contributed by atoms with Crippen molar-refractivity contribution in [2.45, 2.75) is 12.7 Å². The molecule has 0 saturated carbocycles. The maximum atomic E-state index is 12.0. The minimum atomic E-state index is -4.84. The van der Waals surface area contributed by atoms with Crippen LogP contribution in [0, 0.1) is 0 Å². The van der Waals surface area contributed by atoms with Gasteiger partial charge in [0.1, 0.15) is 0 Å². The maximum absolute atomic E-state index is 12.0. The number of hydrogen-bond donors (Lipinski definition) is 1. The Morgan fingerprint density at radius 1 is 1.29 bits per heavy atom. The van der Waals surface area contributed by atoms with Gasteiger partial charge in [0.2, 0.25) is 0 Å². The van der Waals surface area contributed by atoms with E-state index < -0.39 is 12.1 Å². The van der Waals surface area contributed by atoms with E-state index in [1.807, 2.05) is 5.32 Å². The topological polar surface area (TPSA) is 32.3 Å². The highest BCUT2D eigenvalue weighted by molar-refractivity contribution is 5.81. The zero-order valence-electron chi connectivity index (χ0n) is 9.51. The number of alkyl halides is 3. The van der Waals surface area contributed by atoms with Gasteiger partial charge in [0, 0.05) is 26.3 Å². The first-order chi connectivity index (χ1) is 7.82. The number of nitrogens with one attached hydrogen (secondary N) is 1. The van der Waals surface area contributed by atoms with Gasteiger partial charge in [-0.05, 0) is 11.6 Å². The Hall–Kier alpha value is -1.72. The van der Waals surface area contributed by atoms with E-state index in [-0.39, 0.29) is 6.54 Å². The van der Waals surface area contributed by atoms with Gasteiger partial charge in [-0.15, -0.1) is 0 Å². The summed E-state index contributed by atoms with van der Waals surface area (Å²) in [5.74, 6) is -1.92. The molecule has 0 unspecified atom stereocenters. The van der Waals surface area contributed by atoms with Crippen molar-refractivity contribution in [2.24, 2.45) is 0 Å². The van der Waals surface area contributed by atoms with Gasteiger partial charge in [0.25, 0.3) is 0 Å². The minimum Gasteiger partial charge on any atom is -0.377 e. The third kappa shape index (κ3) is 3.65. The van der Waals surface area contributed by atoms with E-state index in [1.54, 1.807) is 43.3 Å². The lowest BCUT2D eigenvalue weighted by molar-refractivity contribution is -0.173. The summed E-state index contributed by atoms with van der Waals surface area (Å²) in [5.41, 5.74) is 1.41. The second kappa shape index (κ2) is 5.07. The molecule has 1 aromatic carbocycles. The summed E-state index contributed by atoms with van der Waals surface area (Å²) < 4.78 is 36.0. The Bertz CT molecular complexity index is 402. The van der Waals surface area contributed by atoms with Crippen LogP contribution in [0.3, 0.4) is 0 Å². The van der Waals surface area contributed by atoms with E-state index in [1.165, 1.54) is 0 Å². The van der Waals surface area contributed by atoms with Crippen molar-refractivity contribution in [3.63, 3.8) is 0 Å². The van der Waals surface area contributed by atoms with Crippen LogP contribution in [0.1, 0.15) is 5.56 Å². The molecule has 0 saturated heterocycles. The largest absolute Gasteiger partial charge is 0.471 e. The molecule has 0 bridgehead atoms. The summed E-state index contributed by atoms with van der Waals surface area (Å²) >= 11 is 0. The number of hydrogen-bond acceptors (Lipinski definition) is 2. The molecule has 0 aliphatic heterocycles. The smallest absolute Gasteiger partial charge is 0.377 e. The molecule has 0 aromatic heterocycles. The molecule has 1 rings (SSSR count). The lowest BCUT2D eigenvalue weighted by atomic mass is 10.1. The van der Waals surface area contributed by atoms with Crippen molar-refractivity contribution < 1.29 is 18.0 Å². The van der Waals surface area contributed by atoms with Crippen molar-refractivity contribution in [1.29, 1.82) is 0 Å². The Labute approximate surface area is 97.2 Å². The fraction of sp³-hybridized carbons (Fsp3) is 0.364. The number of carbonyl (C=O) groups excluding carboxylic acids is 1. The number of para-hydroxylation sites is 1. The first-order valence-corrected chi connectivity index (χ1v) is 4.92. The molecule has 6 heteroatoms. The summed E-state index contributed by atoms with van der Waals surface area (Å²) in [4.78, 5) is 12.4. The molecule has 0 aliphatic carbocycles. The van der Waals surface area contributed by atoms with Gasteiger partial charge in [-0.2, -0.15) is 13.2 Å². The van der Waals surface area contributed by atoms with Crippen LogP contribution in [-0.2, 0) is 11.3 Å². The molecular formula is C11H13F3N2O. The number of nitrogens with zero attached hydrogens (tertiary/aromatic N) is 1. The van der Waals surface area contributed by atoms with E-state index in [2.05, 4.69) is 0 Å². The monoisotopic (exact) mass is 246 g/mol. The highest BCUT2D eigenvalue weighted by Gasteiger charge is 2.38. The summed E-state index contributed by atoms with van der Waals surface area (Å²) in [6.07, 6.45) is -4.84. The number of amides is 1. The van der Waals surface area contributed by atoms with E-state index in [9.17, 15) is 18.0 Å². The number of benzene rings is 1. The average molecular weight is 246 g/mol. The van der Waals surface area contributed by atoms with E-state index in [0.717, 1.165) is 5.69 Å². The summed E-state index contributed by atoms with van der Waals surface area (Å²) in [6.45, 7) is -0.146. The molecule has 0 fully saturated rings. The van der Waals surface area contributed by atoms with Gasteiger partial charge in [-0.1, -0.05) is 18.2 Å². The average Bonchev–Trinajstić information content (AvgIpc) is 2.24. The summed E-state index contributed by atoms with van der Waals surface area (Å²) in [7, 11) is 3.56. The van der Waals surface area contributed by atoms with E-state index >= 15 is 0 Å². The fourth-order valence-corrected chi connectivity index (χ4v) is 1.37. The predicted octanol–water partition coefficient (Wildman–Crippen LogP) is 1.93. The van der Waals surface area contributed by atoms with Gasteiger partial charge < -0.3 is 10.2 Å². The number of carbonyl (C=O) groups is 1. The Kier molecular flexibility index (Phi) is 3.98. The second-order valence-corrected chi connectivity index (χ2v) is 3.70. The van der Waals surface area contributed by atoms with Crippen LogP contribution in [-0.4, -0.2) is 26.2 Å². The molecule has 0 heterocycles. The zero-order chi connectivity index (χ0) is 13.1. The lowest BCUT2D eigenvalue weighted by Gasteiger charge is -2.17. The summed E-state index contributed by atoms with van der Waals surface area (Å²) in [6, 6.07) is 6.94. The Balaban J connectivity index is 2.73. The van der Waals surface area contributed by atoms with E-state index in [4.69, 9.17) is 0 Å². The standard InChI is InChI=1S/C11H13F3N2O/c1-16(2)9-6-4-3-5-8(9)7-15-10(17)11(12,13)14/h3-6H,7H2,1-2H3,(H,15,17). The minimum absolute atomic E-state index is 0.146. The first-order valence-electron chi connectivity index (χ1n) is 4.92. The van der Waals surface area contributed by atoms with Crippen molar-refractivity contribution in [1.82, 2.24) is 5.32 Å². The highest BCUT2D eigenvalue weighted by Crippen LogP contribution is 2.19. The van der Waals surface area contributed by atoms with Crippen molar-refractivity contribution in [3.05, 3.63) is 29.8 Å². The molecule has 1 N–H and O–H groups in total. The van der Waals surface area contributed by atoms with Crippen LogP contribution in [0.5, 0.6) is 0 Å². The quantitative estimate of drug-likeness (QED) is 0.883. The van der Waals surface area contributed by atoms with Crippen molar-refractivity contribution in [2.75, 3.05) is 19.0 Å². The molecule has 0 aliphatic rings. The Morgan fingerprint density at radius 3 is 2.41 bits per heavy atom. The molecule has 0 spiro atoms. The van der Waals surface area contributed by atoms with Crippen molar-refractivity contribution in [3.8, 4) is 0 Å². The molecule has 17 heavy (non-hydrogen) atoms. The van der Waals surface area contributed by atoms with Crippen LogP contribution >= 0.6 is 0 Å². The van der Waals surface area contributed by atoms with Gasteiger partial charge in [0.05, 0.1) is 0 Å². The molecule has 0 atom stereocenters. The molecule has 94 valence electrons. The highest BCUT2D eigenvalue weighted by atomic mass is 19.4. The van der Waals surface area contributed by atoms with Crippen LogP contribution in [0.15, 0.2) is 24.3 Å². The fourth-order valence-electron chi connectivity index (χ4n) is 1.37. The first kappa shape index (κ1) is 13.3. The normalized spacial score (nSPS) is 11.1. The second-order valence-electron chi connectivity index (χ2n) is 3.70. The van der Waals surface area contributed by atoms with Crippen molar-refractivity contribution >= 4 is 11.6 Å². The lowest BCUT2D eigenvalue weighted by Crippen LogP contribution is -2.36. The molecule has 0 radical (unpaired) electrons. The Morgan fingerprint density at radius 2 is 1.88 bits per heavy atom. The van der Waals surface area contributed by atoms with Gasteiger partial charge in [0.15, 0.2) is 0 Å². The SMILES string of the molecule is CN(C)c1ccccc1CNC(=O)C(F)(F)F. The third-order valence-corrected chi connectivity index (χ3v) is 2.17. The van der Waals surface area contributed by atoms with Crippen LogP contribution < -0.4 is 10.2 Å². The maximum Gasteiger partial charge on any atom is 0.471 e.